The van der Waals surface area contributed by atoms with E-state index in [4.69, 9.17) is 5.26 Å². The molecule has 0 atom stereocenters. The molecular formula is C15H15BrN8O. The van der Waals surface area contributed by atoms with Crippen molar-refractivity contribution in [2.75, 3.05) is 5.32 Å². The molecule has 1 amide bonds. The van der Waals surface area contributed by atoms with Gasteiger partial charge in [0.2, 0.25) is 0 Å². The lowest BCUT2D eigenvalue weighted by Crippen LogP contribution is -2.17. The molecule has 0 bridgehead atoms. The smallest absolute Gasteiger partial charge is 0.277 e. The number of hydrogen-bond donors (Lipinski definition) is 1. The largest absolute Gasteiger partial charge is 0.304 e. The Balaban J connectivity index is 1.77. The van der Waals surface area contributed by atoms with Gasteiger partial charge in [-0.1, -0.05) is 0 Å². The number of hydrogen-bond acceptors (Lipinski definition) is 5. The van der Waals surface area contributed by atoms with Gasteiger partial charge in [-0.05, 0) is 35.8 Å². The van der Waals surface area contributed by atoms with Crippen molar-refractivity contribution in [2.24, 2.45) is 7.05 Å². The summed E-state index contributed by atoms with van der Waals surface area (Å²) in [4.78, 5) is 12.4. The predicted molar refractivity (Wildman–Crippen MR) is 92.9 cm³/mol. The van der Waals surface area contributed by atoms with Crippen molar-refractivity contribution in [3.8, 4) is 6.07 Å². The Hall–Kier alpha value is -2.93. The lowest BCUT2D eigenvalue weighted by molar-refractivity contribution is 0.102. The summed E-state index contributed by atoms with van der Waals surface area (Å²) in [5.41, 5.74) is 2.41. The van der Waals surface area contributed by atoms with Crippen LogP contribution in [0.2, 0.25) is 0 Å². The molecule has 0 saturated heterocycles. The highest BCUT2D eigenvalue weighted by Gasteiger charge is 2.16. The van der Waals surface area contributed by atoms with E-state index in [1.807, 2.05) is 19.9 Å². The standard InChI is InChI=1S/C15H15BrN8O/c1-9-13(16)10(2)24(20-9)8-23-5-4-12(21-23)15(25)19-14-11(6-17)7-18-22(14)3/h4-5,7H,8H2,1-3H3,(H,19,25). The summed E-state index contributed by atoms with van der Waals surface area (Å²) in [6, 6.07) is 3.59. The third-order valence-corrected chi connectivity index (χ3v) is 4.88. The van der Waals surface area contributed by atoms with Crippen LogP contribution in [0.4, 0.5) is 5.82 Å². The number of halogens is 1. The fourth-order valence-corrected chi connectivity index (χ4v) is 2.63. The average molecular weight is 403 g/mol. The van der Waals surface area contributed by atoms with Crippen LogP contribution in [0.15, 0.2) is 22.9 Å². The molecule has 3 rings (SSSR count). The minimum absolute atomic E-state index is 0.241. The highest BCUT2D eigenvalue weighted by molar-refractivity contribution is 9.10. The second kappa shape index (κ2) is 6.52. The summed E-state index contributed by atoms with van der Waals surface area (Å²) in [7, 11) is 1.65. The third kappa shape index (κ3) is 3.18. The first-order valence-corrected chi connectivity index (χ1v) is 8.16. The molecule has 0 aromatic carbocycles. The van der Waals surface area contributed by atoms with Gasteiger partial charge in [0.25, 0.3) is 5.91 Å². The number of nitrogens with one attached hydrogen (secondary N) is 1. The molecule has 1 N–H and O–H groups in total. The Morgan fingerprint density at radius 2 is 2.16 bits per heavy atom. The van der Waals surface area contributed by atoms with E-state index in [9.17, 15) is 4.79 Å². The Bertz CT molecular complexity index is 990. The molecule has 0 spiro atoms. The molecule has 0 aliphatic rings. The van der Waals surface area contributed by atoms with E-state index in [1.165, 1.54) is 10.9 Å². The van der Waals surface area contributed by atoms with Crippen LogP contribution in [0.3, 0.4) is 0 Å². The summed E-state index contributed by atoms with van der Waals surface area (Å²) in [6.07, 6.45) is 3.10. The van der Waals surface area contributed by atoms with E-state index in [1.54, 1.807) is 28.7 Å². The molecule has 3 heterocycles. The second-order valence-corrected chi connectivity index (χ2v) is 6.26. The van der Waals surface area contributed by atoms with Gasteiger partial charge in [0, 0.05) is 13.2 Å². The number of nitrogens with zero attached hydrogens (tertiary/aromatic N) is 7. The molecule has 3 aromatic heterocycles. The quantitative estimate of drug-likeness (QED) is 0.715. The van der Waals surface area contributed by atoms with Crippen LogP contribution in [0.1, 0.15) is 27.4 Å². The molecule has 10 heteroatoms. The number of amides is 1. The third-order valence-electron chi connectivity index (χ3n) is 3.74. The lowest BCUT2D eigenvalue weighted by atomic mass is 10.3. The Labute approximate surface area is 152 Å². The summed E-state index contributed by atoms with van der Waals surface area (Å²) in [5.74, 6) is -0.0714. The van der Waals surface area contributed by atoms with Crippen LogP contribution in [0.25, 0.3) is 0 Å². The molecule has 128 valence electrons. The Morgan fingerprint density at radius 3 is 2.80 bits per heavy atom. The molecule has 3 aromatic rings. The molecule has 9 nitrogen and oxygen atoms in total. The maximum Gasteiger partial charge on any atom is 0.277 e. The van der Waals surface area contributed by atoms with Crippen LogP contribution >= 0.6 is 15.9 Å². The highest BCUT2D eigenvalue weighted by atomic mass is 79.9. The fourth-order valence-electron chi connectivity index (χ4n) is 2.35. The van der Waals surface area contributed by atoms with Gasteiger partial charge in [0.15, 0.2) is 5.69 Å². The van der Waals surface area contributed by atoms with Gasteiger partial charge in [-0.3, -0.25) is 14.2 Å². The van der Waals surface area contributed by atoms with E-state index in [2.05, 4.69) is 36.5 Å². The summed E-state index contributed by atoms with van der Waals surface area (Å²) in [6.45, 7) is 4.25. The zero-order valence-corrected chi connectivity index (χ0v) is 15.4. The SMILES string of the molecule is Cc1nn(Cn2ccc(C(=O)Nc3c(C#N)cnn3C)n2)c(C)c1Br. The van der Waals surface area contributed by atoms with Crippen molar-refractivity contribution >= 4 is 27.7 Å². The normalized spacial score (nSPS) is 10.7. The molecule has 0 fully saturated rings. The van der Waals surface area contributed by atoms with Crippen molar-refractivity contribution in [1.29, 1.82) is 5.26 Å². The number of aryl methyl sites for hydroxylation is 2. The van der Waals surface area contributed by atoms with Gasteiger partial charge < -0.3 is 5.32 Å². The number of aromatic nitrogens is 6. The first-order chi connectivity index (χ1) is 11.9. The Morgan fingerprint density at radius 1 is 1.40 bits per heavy atom. The zero-order valence-electron chi connectivity index (χ0n) is 13.9. The van der Waals surface area contributed by atoms with Crippen LogP contribution in [-0.2, 0) is 13.7 Å². The van der Waals surface area contributed by atoms with Gasteiger partial charge in [-0.15, -0.1) is 0 Å². The molecule has 0 saturated carbocycles. The van der Waals surface area contributed by atoms with Crippen molar-refractivity contribution in [3.05, 3.63) is 45.6 Å². The summed E-state index contributed by atoms with van der Waals surface area (Å²) < 4.78 is 5.80. The number of carbonyl (C=O) groups is 1. The van der Waals surface area contributed by atoms with Crippen molar-refractivity contribution in [2.45, 2.75) is 20.5 Å². The molecule has 0 aliphatic heterocycles. The average Bonchev–Trinajstić information content (AvgIpc) is 3.25. The van der Waals surface area contributed by atoms with Crippen LogP contribution < -0.4 is 5.32 Å². The van der Waals surface area contributed by atoms with E-state index in [0.29, 0.717) is 18.1 Å². The maximum absolute atomic E-state index is 12.4. The monoisotopic (exact) mass is 402 g/mol. The van der Waals surface area contributed by atoms with Crippen molar-refractivity contribution < 1.29 is 4.79 Å². The van der Waals surface area contributed by atoms with Gasteiger partial charge in [0.05, 0.1) is 22.1 Å². The summed E-state index contributed by atoms with van der Waals surface area (Å²) >= 11 is 3.48. The van der Waals surface area contributed by atoms with Gasteiger partial charge in [0.1, 0.15) is 24.1 Å². The number of carbonyl (C=O) groups excluding carboxylic acids is 1. The zero-order chi connectivity index (χ0) is 18.1. The van der Waals surface area contributed by atoms with Crippen molar-refractivity contribution in [3.63, 3.8) is 0 Å². The maximum atomic E-state index is 12.4. The predicted octanol–water partition coefficient (Wildman–Crippen LogP) is 1.82. The first kappa shape index (κ1) is 16.9. The van der Waals surface area contributed by atoms with Crippen LogP contribution in [-0.4, -0.2) is 35.2 Å². The van der Waals surface area contributed by atoms with Crippen LogP contribution in [0.5, 0.6) is 0 Å². The van der Waals surface area contributed by atoms with E-state index < -0.39 is 5.91 Å². The van der Waals surface area contributed by atoms with E-state index in [0.717, 1.165) is 15.9 Å². The van der Waals surface area contributed by atoms with Gasteiger partial charge in [-0.2, -0.15) is 20.6 Å². The molecular weight excluding hydrogens is 388 g/mol. The minimum atomic E-state index is -0.409. The summed E-state index contributed by atoms with van der Waals surface area (Å²) in [5, 5.41) is 24.3. The van der Waals surface area contributed by atoms with E-state index in [-0.39, 0.29) is 5.69 Å². The molecule has 0 unspecified atom stereocenters. The lowest BCUT2D eigenvalue weighted by Gasteiger charge is -2.05. The van der Waals surface area contributed by atoms with Crippen molar-refractivity contribution in [1.82, 2.24) is 29.3 Å². The van der Waals surface area contributed by atoms with Crippen LogP contribution in [0, 0.1) is 25.2 Å². The second-order valence-electron chi connectivity index (χ2n) is 5.46. The molecule has 0 radical (unpaired) electrons. The van der Waals surface area contributed by atoms with Gasteiger partial charge in [-0.25, -0.2) is 4.68 Å². The number of nitriles is 1. The minimum Gasteiger partial charge on any atom is -0.304 e. The first-order valence-electron chi connectivity index (χ1n) is 7.37. The number of anilines is 1. The topological polar surface area (TPSA) is 106 Å². The fraction of sp³-hybridized carbons (Fsp3) is 0.267. The molecule has 25 heavy (non-hydrogen) atoms. The Kier molecular flexibility index (Phi) is 4.41. The molecule has 0 aliphatic carbocycles. The van der Waals surface area contributed by atoms with Gasteiger partial charge >= 0.3 is 0 Å². The highest BCUT2D eigenvalue weighted by Crippen LogP contribution is 2.19. The van der Waals surface area contributed by atoms with E-state index >= 15 is 0 Å². The number of rotatable bonds is 4.